The van der Waals surface area contributed by atoms with Crippen molar-refractivity contribution in [2.45, 2.75) is 13.0 Å². The summed E-state index contributed by atoms with van der Waals surface area (Å²) in [6.07, 6.45) is 4.38. The second kappa shape index (κ2) is 10.5. The van der Waals surface area contributed by atoms with Crippen molar-refractivity contribution in [3.8, 4) is 11.1 Å². The van der Waals surface area contributed by atoms with E-state index >= 15 is 0 Å². The number of aromatic carboxylic acids is 1. The summed E-state index contributed by atoms with van der Waals surface area (Å²) in [5, 5.41) is 13.6. The number of carbonyl (C=O) groups excluding carboxylic acids is 1. The number of hydrogen-bond donors (Lipinski definition) is 2. The van der Waals surface area contributed by atoms with Gasteiger partial charge in [0.2, 0.25) is 0 Å². The van der Waals surface area contributed by atoms with E-state index in [1.165, 1.54) is 12.1 Å². The predicted molar refractivity (Wildman–Crippen MR) is 154 cm³/mol. The average molecular weight is 529 g/mol. The molecule has 0 bridgehead atoms. The number of carbonyl (C=O) groups is 2. The highest BCUT2D eigenvalue weighted by Crippen LogP contribution is 2.29. The van der Waals surface area contributed by atoms with E-state index in [1.807, 2.05) is 83.5 Å². The molecule has 196 valence electrons. The van der Waals surface area contributed by atoms with Gasteiger partial charge in [-0.3, -0.25) is 4.79 Å². The van der Waals surface area contributed by atoms with Crippen LogP contribution in [0.5, 0.6) is 0 Å². The lowest BCUT2D eigenvalue weighted by Gasteiger charge is -2.13. The Hall–Kier alpha value is -5.23. The van der Waals surface area contributed by atoms with Gasteiger partial charge in [0.1, 0.15) is 5.82 Å². The zero-order valence-corrected chi connectivity index (χ0v) is 21.5. The normalized spacial score (nSPS) is 11.1. The van der Waals surface area contributed by atoms with Crippen LogP contribution in [0.25, 0.3) is 27.4 Å². The van der Waals surface area contributed by atoms with Crippen molar-refractivity contribution in [1.29, 1.82) is 0 Å². The minimum absolute atomic E-state index is 0.190. The lowest BCUT2D eigenvalue weighted by atomic mass is 9.98. The molecule has 6 aromatic rings. The molecule has 0 aliphatic heterocycles. The van der Waals surface area contributed by atoms with E-state index in [0.717, 1.165) is 38.7 Å². The predicted octanol–water partition coefficient (Wildman–Crippen LogP) is 7.12. The van der Waals surface area contributed by atoms with Crippen LogP contribution < -0.4 is 5.32 Å². The highest BCUT2D eigenvalue weighted by Gasteiger charge is 2.18. The molecule has 6 heteroatoms. The van der Waals surface area contributed by atoms with Gasteiger partial charge in [-0.1, -0.05) is 72.8 Å². The van der Waals surface area contributed by atoms with Crippen molar-refractivity contribution in [1.82, 2.24) is 9.72 Å². The van der Waals surface area contributed by atoms with Crippen molar-refractivity contribution in [2.75, 3.05) is 0 Å². The molecule has 0 radical (unpaired) electrons. The molecule has 0 saturated heterocycles. The number of fused-ring (bicyclic) bond motifs is 2. The summed E-state index contributed by atoms with van der Waals surface area (Å²) in [7, 11) is 0. The van der Waals surface area contributed by atoms with Gasteiger partial charge in [0, 0.05) is 24.3 Å². The molecule has 0 atom stereocenters. The van der Waals surface area contributed by atoms with Crippen LogP contribution in [-0.4, -0.2) is 21.4 Å². The smallest absolute Gasteiger partial charge is 0.335 e. The summed E-state index contributed by atoms with van der Waals surface area (Å²) in [4.78, 5) is 24.8. The largest absolute Gasteiger partial charge is 0.478 e. The number of hydrogen-bond acceptors (Lipinski definition) is 2. The second-order valence-corrected chi connectivity index (χ2v) is 9.77. The molecular formula is C34H25FN2O3. The van der Waals surface area contributed by atoms with Gasteiger partial charge in [-0.25, -0.2) is 9.18 Å². The molecule has 5 nitrogen and oxygen atoms in total. The first-order valence-corrected chi connectivity index (χ1v) is 12.9. The maximum atomic E-state index is 14.9. The molecule has 6 rings (SSSR count). The number of rotatable bonds is 7. The van der Waals surface area contributed by atoms with Crippen LogP contribution in [0.2, 0.25) is 0 Å². The van der Waals surface area contributed by atoms with Gasteiger partial charge in [0.15, 0.2) is 0 Å². The monoisotopic (exact) mass is 528 g/mol. The van der Waals surface area contributed by atoms with Crippen molar-refractivity contribution in [3.63, 3.8) is 0 Å². The van der Waals surface area contributed by atoms with Crippen LogP contribution >= 0.6 is 0 Å². The third kappa shape index (κ3) is 4.95. The zero-order chi connectivity index (χ0) is 27.6. The van der Waals surface area contributed by atoms with Crippen LogP contribution in [0, 0.1) is 5.82 Å². The number of nitrogens with zero attached hydrogens (tertiary/aromatic N) is 1. The minimum atomic E-state index is -0.997. The third-order valence-electron chi connectivity index (χ3n) is 7.10. The Bertz CT molecular complexity index is 1880. The summed E-state index contributed by atoms with van der Waals surface area (Å²) in [6, 6.07) is 31.0. The summed E-state index contributed by atoms with van der Waals surface area (Å²) < 4.78 is 16.8. The number of nitrogens with one attached hydrogen (secondary N) is 1. The van der Waals surface area contributed by atoms with E-state index in [9.17, 15) is 14.0 Å². The molecule has 2 N–H and O–H groups in total. The fraction of sp³-hybridized carbons (Fsp3) is 0.0588. The lowest BCUT2D eigenvalue weighted by Crippen LogP contribution is -2.23. The van der Waals surface area contributed by atoms with Crippen LogP contribution in [0.4, 0.5) is 4.39 Å². The Labute approximate surface area is 230 Å². The summed E-state index contributed by atoms with van der Waals surface area (Å²) in [5.41, 5.74) is 5.84. The molecule has 0 aliphatic rings. The van der Waals surface area contributed by atoms with Gasteiger partial charge in [0.25, 0.3) is 5.91 Å². The van der Waals surface area contributed by atoms with E-state index in [2.05, 4.69) is 5.32 Å². The first-order valence-electron chi connectivity index (χ1n) is 12.9. The number of amides is 1. The van der Waals surface area contributed by atoms with Crippen LogP contribution in [-0.2, 0) is 13.0 Å². The minimum Gasteiger partial charge on any atom is -0.478 e. The topological polar surface area (TPSA) is 70.8 Å². The van der Waals surface area contributed by atoms with Gasteiger partial charge in [-0.05, 0) is 70.0 Å². The maximum absolute atomic E-state index is 14.9. The van der Waals surface area contributed by atoms with Gasteiger partial charge < -0.3 is 14.8 Å². The van der Waals surface area contributed by atoms with E-state index < -0.39 is 5.97 Å². The van der Waals surface area contributed by atoms with E-state index in [1.54, 1.807) is 24.3 Å². The number of halogens is 1. The number of benzene rings is 4. The Kier molecular flexibility index (Phi) is 6.58. The third-order valence-corrected chi connectivity index (χ3v) is 7.10. The van der Waals surface area contributed by atoms with Crippen LogP contribution in [0.15, 0.2) is 116 Å². The molecule has 0 spiro atoms. The van der Waals surface area contributed by atoms with E-state index in [4.69, 9.17) is 5.11 Å². The molecular weight excluding hydrogens is 503 g/mol. The quantitative estimate of drug-likeness (QED) is 0.232. The number of aromatic nitrogens is 1. The Morgan fingerprint density at radius 3 is 2.33 bits per heavy atom. The van der Waals surface area contributed by atoms with Crippen molar-refractivity contribution < 1.29 is 19.1 Å². The molecule has 2 heterocycles. The molecule has 0 fully saturated rings. The zero-order valence-electron chi connectivity index (χ0n) is 21.5. The first kappa shape index (κ1) is 25.1. The molecule has 1 amide bonds. The second-order valence-electron chi connectivity index (χ2n) is 9.77. The van der Waals surface area contributed by atoms with E-state index in [0.29, 0.717) is 17.4 Å². The summed E-state index contributed by atoms with van der Waals surface area (Å²) in [6.45, 7) is 0.242. The molecule has 0 unspecified atom stereocenters. The lowest BCUT2D eigenvalue weighted by molar-refractivity contribution is 0.0696. The number of carboxylic acids is 1. The van der Waals surface area contributed by atoms with Gasteiger partial charge in [-0.15, -0.1) is 0 Å². The fourth-order valence-corrected chi connectivity index (χ4v) is 5.11. The number of carboxylic acid groups (broad SMARTS) is 1. The number of pyridine rings is 1. The molecule has 4 aromatic carbocycles. The summed E-state index contributed by atoms with van der Waals surface area (Å²) in [5.74, 6) is -1.52. The van der Waals surface area contributed by atoms with Crippen molar-refractivity contribution in [2.24, 2.45) is 0 Å². The standard InChI is InChI=1S/C34H25FN2O3/c35-31-18-23(16-26-8-4-5-9-29(26)31)17-27-14-15-37-21-28(24-6-2-1-3-7-24)19-30(32(27)37)33(38)36-20-22-10-12-25(13-11-22)34(39)40/h1-16,18-19,21H,17,20H2,(H,36,38)(H,39,40). The highest BCUT2D eigenvalue weighted by molar-refractivity contribution is 6.03. The van der Waals surface area contributed by atoms with E-state index in [-0.39, 0.29) is 23.8 Å². The SMILES string of the molecule is O=C(O)c1ccc(CNC(=O)c2cc(-c3ccccc3)cn3ccc(Cc4cc(F)c5ccccc5c4)c23)cc1. The van der Waals surface area contributed by atoms with Gasteiger partial charge in [-0.2, -0.15) is 0 Å². The maximum Gasteiger partial charge on any atom is 0.335 e. The first-order chi connectivity index (χ1) is 19.5. The van der Waals surface area contributed by atoms with Crippen LogP contribution in [0.3, 0.4) is 0 Å². The van der Waals surface area contributed by atoms with Crippen LogP contribution in [0.1, 0.15) is 37.4 Å². The highest BCUT2D eigenvalue weighted by atomic mass is 19.1. The average Bonchev–Trinajstić information content (AvgIpc) is 3.38. The molecule has 40 heavy (non-hydrogen) atoms. The Morgan fingerprint density at radius 2 is 1.55 bits per heavy atom. The van der Waals surface area contributed by atoms with Crippen molar-refractivity contribution >= 4 is 28.2 Å². The fourth-order valence-electron chi connectivity index (χ4n) is 5.11. The summed E-state index contributed by atoms with van der Waals surface area (Å²) >= 11 is 0. The van der Waals surface area contributed by atoms with Crippen molar-refractivity contribution in [3.05, 3.63) is 149 Å². The van der Waals surface area contributed by atoms with Gasteiger partial charge in [0.05, 0.1) is 16.6 Å². The Balaban J connectivity index is 1.38. The molecule has 0 aliphatic carbocycles. The molecule has 2 aromatic heterocycles. The van der Waals surface area contributed by atoms with Gasteiger partial charge >= 0.3 is 5.97 Å². The Morgan fingerprint density at radius 1 is 0.800 bits per heavy atom. The molecule has 0 saturated carbocycles.